The number of nitrogens with one attached hydrogen (secondary N) is 1. The van der Waals surface area contributed by atoms with Crippen molar-refractivity contribution in [3.63, 3.8) is 0 Å². The highest BCUT2D eigenvalue weighted by molar-refractivity contribution is 5.34. The predicted octanol–water partition coefficient (Wildman–Crippen LogP) is 4.45. The number of hydrogen-bond acceptors (Lipinski definition) is 9. The molecule has 5 rings (SSSR count). The number of para-hydroxylation sites is 2. The summed E-state index contributed by atoms with van der Waals surface area (Å²) in [4.78, 5) is 0. The number of rotatable bonds is 17. The molecule has 43 heavy (non-hydrogen) atoms. The van der Waals surface area contributed by atoms with E-state index in [1.807, 2.05) is 42.5 Å². The van der Waals surface area contributed by atoms with Gasteiger partial charge in [-0.15, -0.1) is 5.10 Å². The van der Waals surface area contributed by atoms with Crippen molar-refractivity contribution in [2.45, 2.75) is 44.4 Å². The van der Waals surface area contributed by atoms with Crippen LogP contribution in [0.1, 0.15) is 35.4 Å². The zero-order valence-corrected chi connectivity index (χ0v) is 24.8. The summed E-state index contributed by atoms with van der Waals surface area (Å²) in [5, 5.41) is 14.8. The molecule has 1 N–H and O–H groups in total. The molecule has 4 aromatic rings. The molecule has 1 aliphatic heterocycles. The van der Waals surface area contributed by atoms with Crippen molar-refractivity contribution in [1.29, 1.82) is 0 Å². The second-order valence-corrected chi connectivity index (χ2v) is 10.4. The van der Waals surface area contributed by atoms with Gasteiger partial charge in [0.25, 0.3) is 0 Å². The number of aromatic nitrogens is 4. The number of nitrogens with zero attached hydrogens (tertiary/aromatic N) is 4. The van der Waals surface area contributed by atoms with Crippen LogP contribution >= 0.6 is 0 Å². The molecule has 1 aliphatic rings. The zero-order valence-electron chi connectivity index (χ0n) is 24.8. The SMILES string of the molecule is COc1ccccc1COCCCOc1ccc([C@H]2CCNCC2OCCOc2ccccc2CCn2cnnn2)cc1. The molecule has 2 heterocycles. The quantitative estimate of drug-likeness (QED) is 0.180. The van der Waals surface area contributed by atoms with Crippen molar-refractivity contribution in [1.82, 2.24) is 25.5 Å². The monoisotopic (exact) mass is 587 g/mol. The molecular weight excluding hydrogens is 546 g/mol. The van der Waals surface area contributed by atoms with E-state index in [2.05, 4.69) is 51.2 Å². The molecule has 3 aromatic carbocycles. The molecule has 0 saturated carbocycles. The highest BCUT2D eigenvalue weighted by Gasteiger charge is 2.27. The zero-order chi connectivity index (χ0) is 29.5. The van der Waals surface area contributed by atoms with Gasteiger partial charge in [0.05, 0.1) is 39.6 Å². The fourth-order valence-electron chi connectivity index (χ4n) is 5.27. The van der Waals surface area contributed by atoms with Crippen LogP contribution in [0.2, 0.25) is 0 Å². The van der Waals surface area contributed by atoms with Crippen molar-refractivity contribution < 1.29 is 23.7 Å². The van der Waals surface area contributed by atoms with E-state index in [0.717, 1.165) is 60.7 Å². The van der Waals surface area contributed by atoms with Gasteiger partial charge in [-0.25, -0.2) is 4.68 Å². The van der Waals surface area contributed by atoms with Gasteiger partial charge in [-0.1, -0.05) is 48.5 Å². The molecular formula is C33H41N5O5. The Morgan fingerprint density at radius 2 is 1.67 bits per heavy atom. The molecule has 10 nitrogen and oxygen atoms in total. The lowest BCUT2D eigenvalue weighted by Gasteiger charge is -2.32. The standard InChI is InChI=1S/C33H41N5O5/c1-39-31-9-4-3-8-28(31)24-40-19-6-20-41-29-13-11-26(12-14-29)30-15-17-34-23-33(30)43-22-21-42-32-10-5-2-7-27(32)16-18-38-25-35-36-37-38/h2-5,7-14,25,30,33-34H,6,15-24H2,1H3/t30-,33?/m1/s1. The third-order valence-corrected chi connectivity index (χ3v) is 7.53. The second-order valence-electron chi connectivity index (χ2n) is 10.4. The van der Waals surface area contributed by atoms with Crippen LogP contribution in [0.4, 0.5) is 0 Å². The molecule has 228 valence electrons. The van der Waals surface area contributed by atoms with E-state index >= 15 is 0 Å². The summed E-state index contributed by atoms with van der Waals surface area (Å²) < 4.78 is 31.3. The van der Waals surface area contributed by atoms with Crippen molar-refractivity contribution in [2.75, 3.05) is 46.6 Å². The Balaban J connectivity index is 1.02. The van der Waals surface area contributed by atoms with E-state index in [1.165, 1.54) is 5.56 Å². The van der Waals surface area contributed by atoms with Crippen molar-refractivity contribution in [2.24, 2.45) is 0 Å². The third-order valence-electron chi connectivity index (χ3n) is 7.53. The normalized spacial score (nSPS) is 16.6. The van der Waals surface area contributed by atoms with Gasteiger partial charge in [0.2, 0.25) is 0 Å². The maximum absolute atomic E-state index is 6.34. The fourth-order valence-corrected chi connectivity index (χ4v) is 5.27. The van der Waals surface area contributed by atoms with Gasteiger partial charge < -0.3 is 29.0 Å². The Morgan fingerprint density at radius 3 is 2.49 bits per heavy atom. The summed E-state index contributed by atoms with van der Waals surface area (Å²) in [5.74, 6) is 2.91. The maximum Gasteiger partial charge on any atom is 0.138 e. The largest absolute Gasteiger partial charge is 0.496 e. The Morgan fingerprint density at radius 1 is 0.860 bits per heavy atom. The molecule has 1 unspecified atom stereocenters. The number of benzene rings is 3. The van der Waals surface area contributed by atoms with Crippen molar-refractivity contribution in [3.05, 3.63) is 95.8 Å². The predicted molar refractivity (Wildman–Crippen MR) is 163 cm³/mol. The van der Waals surface area contributed by atoms with Crippen LogP contribution in [-0.4, -0.2) is 72.9 Å². The van der Waals surface area contributed by atoms with Gasteiger partial charge >= 0.3 is 0 Å². The Hall–Kier alpha value is -3.99. The molecule has 1 saturated heterocycles. The van der Waals surface area contributed by atoms with Gasteiger partial charge in [-0.3, -0.25) is 0 Å². The van der Waals surface area contributed by atoms with Crippen LogP contribution in [0.15, 0.2) is 79.1 Å². The van der Waals surface area contributed by atoms with Crippen LogP contribution in [0.25, 0.3) is 0 Å². The molecule has 0 spiro atoms. The molecule has 2 atom stereocenters. The number of methoxy groups -OCH3 is 1. The van der Waals surface area contributed by atoms with Gasteiger partial charge in [0.15, 0.2) is 0 Å². The maximum atomic E-state index is 6.34. The van der Waals surface area contributed by atoms with Crippen LogP contribution in [0, 0.1) is 0 Å². The summed E-state index contributed by atoms with van der Waals surface area (Å²) in [5.41, 5.74) is 3.44. The van der Waals surface area contributed by atoms with Crippen LogP contribution in [0.5, 0.6) is 17.2 Å². The van der Waals surface area contributed by atoms with E-state index < -0.39 is 0 Å². The molecule has 1 fully saturated rings. The minimum absolute atomic E-state index is 0.0829. The second kappa shape index (κ2) is 16.6. The van der Waals surface area contributed by atoms with E-state index in [9.17, 15) is 0 Å². The van der Waals surface area contributed by atoms with Crippen LogP contribution in [-0.2, 0) is 29.0 Å². The first kappa shape index (κ1) is 30.5. The number of piperidine rings is 1. The minimum Gasteiger partial charge on any atom is -0.496 e. The lowest BCUT2D eigenvalue weighted by atomic mass is 9.88. The Labute approximate surface area is 253 Å². The van der Waals surface area contributed by atoms with E-state index in [1.54, 1.807) is 18.1 Å². The topological polar surface area (TPSA) is 102 Å². The lowest BCUT2D eigenvalue weighted by Crippen LogP contribution is -2.41. The molecule has 0 bridgehead atoms. The average Bonchev–Trinajstić information content (AvgIpc) is 3.59. The Bertz CT molecular complexity index is 1350. The first-order valence-electron chi connectivity index (χ1n) is 15.0. The van der Waals surface area contributed by atoms with Crippen molar-refractivity contribution >= 4 is 0 Å². The first-order chi connectivity index (χ1) is 21.3. The van der Waals surface area contributed by atoms with Crippen LogP contribution in [0.3, 0.4) is 0 Å². The molecule has 0 amide bonds. The summed E-state index contributed by atoms with van der Waals surface area (Å²) in [7, 11) is 1.68. The van der Waals surface area contributed by atoms with Gasteiger partial charge in [0, 0.05) is 31.0 Å². The number of aryl methyl sites for hydroxylation is 2. The smallest absolute Gasteiger partial charge is 0.138 e. The molecule has 10 heteroatoms. The first-order valence-corrected chi connectivity index (χ1v) is 15.0. The fraction of sp³-hybridized carbons (Fsp3) is 0.424. The van der Waals surface area contributed by atoms with E-state index in [-0.39, 0.29) is 6.10 Å². The molecule has 0 radical (unpaired) electrons. The van der Waals surface area contributed by atoms with Gasteiger partial charge in [0.1, 0.15) is 30.2 Å². The summed E-state index contributed by atoms with van der Waals surface area (Å²) >= 11 is 0. The summed E-state index contributed by atoms with van der Waals surface area (Å²) in [6.07, 6.45) is 4.32. The van der Waals surface area contributed by atoms with Gasteiger partial charge in [-0.2, -0.15) is 0 Å². The lowest BCUT2D eigenvalue weighted by molar-refractivity contribution is 0.00720. The summed E-state index contributed by atoms with van der Waals surface area (Å²) in [6.45, 7) is 5.25. The minimum atomic E-state index is 0.0829. The van der Waals surface area contributed by atoms with Gasteiger partial charge in [-0.05, 0) is 65.2 Å². The van der Waals surface area contributed by atoms with Crippen LogP contribution < -0.4 is 19.5 Å². The van der Waals surface area contributed by atoms with E-state index in [0.29, 0.717) is 45.5 Å². The van der Waals surface area contributed by atoms with E-state index in [4.69, 9.17) is 23.7 Å². The average molecular weight is 588 g/mol. The highest BCUT2D eigenvalue weighted by Crippen LogP contribution is 2.29. The number of ether oxygens (including phenoxy) is 5. The molecule has 1 aromatic heterocycles. The molecule has 0 aliphatic carbocycles. The number of tetrazole rings is 1. The number of hydrogen-bond donors (Lipinski definition) is 1. The Kier molecular flexibility index (Phi) is 11.8. The third kappa shape index (κ3) is 9.25. The van der Waals surface area contributed by atoms with Crippen molar-refractivity contribution in [3.8, 4) is 17.2 Å². The summed E-state index contributed by atoms with van der Waals surface area (Å²) in [6, 6.07) is 24.4. The highest BCUT2D eigenvalue weighted by atomic mass is 16.5.